The van der Waals surface area contributed by atoms with Gasteiger partial charge in [-0.2, -0.15) is 0 Å². The van der Waals surface area contributed by atoms with Crippen molar-refractivity contribution in [3.05, 3.63) is 98.8 Å². The van der Waals surface area contributed by atoms with E-state index in [1.807, 2.05) is 24.3 Å². The maximum Gasteiger partial charge on any atom is 0.796 e. The molecule has 7 heteroatoms. The van der Waals surface area contributed by atoms with Gasteiger partial charge >= 0.3 is 7.47 Å². The Labute approximate surface area is 178 Å². The molecular weight excluding hydrogens is 416 g/mol. The summed E-state index contributed by atoms with van der Waals surface area (Å²) in [6, 6.07) is 14.3. The third kappa shape index (κ3) is 5.59. The molecule has 1 aliphatic rings. The van der Waals surface area contributed by atoms with Gasteiger partial charge in [0, 0.05) is 21.5 Å². The first-order valence-corrected chi connectivity index (χ1v) is 9.68. The second-order valence-corrected chi connectivity index (χ2v) is 7.50. The van der Waals surface area contributed by atoms with E-state index in [-0.39, 0.29) is 17.1 Å². The van der Waals surface area contributed by atoms with Crippen LogP contribution in [0.1, 0.15) is 30.4 Å². The van der Waals surface area contributed by atoms with E-state index in [1.165, 1.54) is 13.0 Å². The highest BCUT2D eigenvalue weighted by atomic mass is 35.5. The Morgan fingerprint density at radius 3 is 2.45 bits per heavy atom. The minimum Gasteiger partial charge on any atom is -0.505 e. The van der Waals surface area contributed by atoms with Gasteiger partial charge in [0.1, 0.15) is 5.76 Å². The maximum atomic E-state index is 13.0. The van der Waals surface area contributed by atoms with Crippen LogP contribution in [0.4, 0.5) is 8.63 Å². The van der Waals surface area contributed by atoms with Crippen LogP contribution in [0.2, 0.25) is 10.0 Å². The SMILES string of the molecule is CC(=O)C1=C(OB(F)F)C=C(/C=C\c2cccc(Cl)c2)C[C@@H]1c1ccc(Cl)cc1. The second kappa shape index (κ2) is 9.42. The fourth-order valence-corrected chi connectivity index (χ4v) is 3.66. The molecule has 0 N–H and O–H groups in total. The first kappa shape index (κ1) is 21.3. The molecule has 29 heavy (non-hydrogen) atoms. The van der Waals surface area contributed by atoms with Gasteiger partial charge < -0.3 is 4.65 Å². The Morgan fingerprint density at radius 2 is 1.83 bits per heavy atom. The quantitative estimate of drug-likeness (QED) is 0.463. The average Bonchev–Trinajstić information content (AvgIpc) is 2.66. The number of carbonyl (C=O) groups excluding carboxylic acids is 1. The van der Waals surface area contributed by atoms with Crippen molar-refractivity contribution in [1.82, 2.24) is 0 Å². The molecule has 0 amide bonds. The van der Waals surface area contributed by atoms with Crippen LogP contribution in [-0.4, -0.2) is 13.3 Å². The molecule has 0 aromatic heterocycles. The molecule has 0 unspecified atom stereocenters. The lowest BCUT2D eigenvalue weighted by Gasteiger charge is -2.26. The zero-order valence-corrected chi connectivity index (χ0v) is 17.1. The van der Waals surface area contributed by atoms with E-state index in [1.54, 1.807) is 36.4 Å². The van der Waals surface area contributed by atoms with E-state index < -0.39 is 13.4 Å². The van der Waals surface area contributed by atoms with Crippen LogP contribution >= 0.6 is 23.2 Å². The van der Waals surface area contributed by atoms with Crippen LogP contribution in [-0.2, 0) is 9.45 Å². The topological polar surface area (TPSA) is 26.3 Å². The number of Topliss-reactive ketones (excluding diaryl/α,β-unsaturated/α-hetero) is 1. The highest BCUT2D eigenvalue weighted by Gasteiger charge is 2.31. The lowest BCUT2D eigenvalue weighted by atomic mass is 9.79. The number of hydrogen-bond donors (Lipinski definition) is 0. The second-order valence-electron chi connectivity index (χ2n) is 6.63. The Bertz CT molecular complexity index is 998. The molecule has 148 valence electrons. The molecule has 1 atom stereocenters. The summed E-state index contributed by atoms with van der Waals surface area (Å²) >= 11 is 12.0. The van der Waals surface area contributed by atoms with Gasteiger partial charge in [0.25, 0.3) is 0 Å². The summed E-state index contributed by atoms with van der Waals surface area (Å²) in [4.78, 5) is 12.3. The van der Waals surface area contributed by atoms with Crippen LogP contribution in [0.25, 0.3) is 6.08 Å². The van der Waals surface area contributed by atoms with Crippen molar-refractivity contribution in [2.75, 3.05) is 0 Å². The largest absolute Gasteiger partial charge is 0.796 e. The summed E-state index contributed by atoms with van der Waals surface area (Å²) in [7, 11) is -3.03. The minimum atomic E-state index is -3.03. The number of allylic oxidation sites excluding steroid dienone is 4. The fraction of sp³-hybridized carbons (Fsp3) is 0.136. The smallest absolute Gasteiger partial charge is 0.505 e. The standard InChI is InChI=1S/C22H17BCl2F2O2/c1-14(28)22-20(17-7-9-18(24)10-8-17)12-16(13-21(22)29-23(26)27)6-5-15-3-2-4-19(25)11-15/h2-11,13,20H,12H2,1H3/b6-5-/t20-/m1/s1. The molecule has 0 saturated carbocycles. The summed E-state index contributed by atoms with van der Waals surface area (Å²) < 4.78 is 30.7. The molecule has 0 bridgehead atoms. The van der Waals surface area contributed by atoms with Crippen LogP contribution in [0.3, 0.4) is 0 Å². The van der Waals surface area contributed by atoms with Gasteiger partial charge in [0.15, 0.2) is 5.78 Å². The monoisotopic (exact) mass is 432 g/mol. The number of carbonyl (C=O) groups is 1. The minimum absolute atomic E-state index is 0.107. The highest BCUT2D eigenvalue weighted by molar-refractivity contribution is 6.35. The summed E-state index contributed by atoms with van der Waals surface area (Å²) in [5.74, 6) is -0.832. The van der Waals surface area contributed by atoms with Gasteiger partial charge in [-0.1, -0.05) is 59.6 Å². The van der Waals surface area contributed by atoms with Gasteiger partial charge in [0.05, 0.1) is 0 Å². The zero-order valence-electron chi connectivity index (χ0n) is 15.5. The first-order valence-electron chi connectivity index (χ1n) is 8.93. The molecule has 0 heterocycles. The third-order valence-corrected chi connectivity index (χ3v) is 5.06. The first-order chi connectivity index (χ1) is 13.8. The Kier molecular flexibility index (Phi) is 6.94. The maximum absolute atomic E-state index is 13.0. The van der Waals surface area contributed by atoms with Crippen LogP contribution in [0.15, 0.2) is 77.6 Å². The van der Waals surface area contributed by atoms with E-state index in [0.29, 0.717) is 16.5 Å². The van der Waals surface area contributed by atoms with E-state index in [9.17, 15) is 13.4 Å². The van der Waals surface area contributed by atoms with E-state index in [0.717, 1.165) is 16.7 Å². The number of halogens is 4. The molecule has 3 rings (SSSR count). The van der Waals surface area contributed by atoms with E-state index in [4.69, 9.17) is 27.9 Å². The normalized spacial score (nSPS) is 16.7. The lowest BCUT2D eigenvalue weighted by Crippen LogP contribution is -2.19. The molecule has 0 radical (unpaired) electrons. The summed E-state index contributed by atoms with van der Waals surface area (Å²) in [5, 5.41) is 1.16. The summed E-state index contributed by atoms with van der Waals surface area (Å²) in [5.41, 5.74) is 2.66. The molecule has 0 aliphatic heterocycles. The molecule has 2 aromatic rings. The number of benzene rings is 2. The van der Waals surface area contributed by atoms with Crippen molar-refractivity contribution in [3.8, 4) is 0 Å². The number of hydrogen-bond acceptors (Lipinski definition) is 2. The van der Waals surface area contributed by atoms with Crippen molar-refractivity contribution in [3.63, 3.8) is 0 Å². The van der Waals surface area contributed by atoms with E-state index >= 15 is 0 Å². The zero-order chi connectivity index (χ0) is 21.0. The Balaban J connectivity index is 2.03. The van der Waals surface area contributed by atoms with Crippen molar-refractivity contribution < 1.29 is 18.1 Å². The predicted molar refractivity (Wildman–Crippen MR) is 114 cm³/mol. The highest BCUT2D eigenvalue weighted by Crippen LogP contribution is 2.39. The van der Waals surface area contributed by atoms with Gasteiger partial charge in [0.2, 0.25) is 0 Å². The third-order valence-electron chi connectivity index (χ3n) is 4.58. The van der Waals surface area contributed by atoms with Crippen molar-refractivity contribution in [1.29, 1.82) is 0 Å². The Hall–Kier alpha value is -2.37. The molecular formula is C22H17BCl2F2O2. The van der Waals surface area contributed by atoms with Gasteiger partial charge in [-0.15, -0.1) is 0 Å². The van der Waals surface area contributed by atoms with Gasteiger partial charge in [-0.3, -0.25) is 4.79 Å². The average molecular weight is 433 g/mol. The number of ketones is 1. The molecule has 2 nitrogen and oxygen atoms in total. The molecule has 0 spiro atoms. The van der Waals surface area contributed by atoms with Crippen LogP contribution in [0, 0.1) is 0 Å². The van der Waals surface area contributed by atoms with Crippen LogP contribution < -0.4 is 0 Å². The van der Waals surface area contributed by atoms with E-state index in [2.05, 4.69) is 0 Å². The van der Waals surface area contributed by atoms with Crippen LogP contribution in [0.5, 0.6) is 0 Å². The Morgan fingerprint density at radius 1 is 1.10 bits per heavy atom. The molecule has 2 aromatic carbocycles. The van der Waals surface area contributed by atoms with Gasteiger partial charge in [-0.25, -0.2) is 8.63 Å². The van der Waals surface area contributed by atoms with Crippen molar-refractivity contribution >= 4 is 42.5 Å². The van der Waals surface area contributed by atoms with Crippen molar-refractivity contribution in [2.45, 2.75) is 19.3 Å². The molecule has 0 fully saturated rings. The van der Waals surface area contributed by atoms with Gasteiger partial charge in [-0.05, 0) is 60.4 Å². The summed E-state index contributed by atoms with van der Waals surface area (Å²) in [6.45, 7) is 1.35. The molecule has 0 saturated heterocycles. The summed E-state index contributed by atoms with van der Waals surface area (Å²) in [6.07, 6.45) is 5.62. The lowest BCUT2D eigenvalue weighted by molar-refractivity contribution is -0.114. The molecule has 1 aliphatic carbocycles. The fourth-order valence-electron chi connectivity index (χ4n) is 3.34. The number of rotatable bonds is 6. The van der Waals surface area contributed by atoms with Crippen molar-refractivity contribution in [2.24, 2.45) is 0 Å². The predicted octanol–water partition coefficient (Wildman–Crippen LogP) is 6.90.